The average Bonchev–Trinajstić information content (AvgIpc) is 2.67. The van der Waals surface area contributed by atoms with Crippen molar-refractivity contribution in [2.24, 2.45) is 0 Å². The van der Waals surface area contributed by atoms with Crippen molar-refractivity contribution in [3.05, 3.63) is 29.5 Å². The summed E-state index contributed by atoms with van der Waals surface area (Å²) in [5.41, 5.74) is 7.29. The van der Waals surface area contributed by atoms with Gasteiger partial charge >= 0.3 is 0 Å². The zero-order chi connectivity index (χ0) is 11.5. The number of nitrogens with two attached hydrogens (primary N) is 1. The summed E-state index contributed by atoms with van der Waals surface area (Å²) in [6.45, 7) is 2.95. The summed E-state index contributed by atoms with van der Waals surface area (Å²) in [6, 6.07) is 5.44. The van der Waals surface area contributed by atoms with Crippen LogP contribution < -0.4 is 5.73 Å². The molecule has 2 N–H and O–H groups in total. The second-order valence-corrected chi connectivity index (χ2v) is 3.96. The van der Waals surface area contributed by atoms with Crippen LogP contribution in [0.5, 0.6) is 0 Å². The smallest absolute Gasteiger partial charge is 0.167 e. The van der Waals surface area contributed by atoms with Gasteiger partial charge in [0.25, 0.3) is 0 Å². The number of aromatic nitrogens is 3. The fourth-order valence-electron chi connectivity index (χ4n) is 1.63. The van der Waals surface area contributed by atoms with E-state index < -0.39 is 0 Å². The molecule has 16 heavy (non-hydrogen) atoms. The van der Waals surface area contributed by atoms with Gasteiger partial charge in [0.2, 0.25) is 0 Å². The predicted molar refractivity (Wildman–Crippen MR) is 65.2 cm³/mol. The summed E-state index contributed by atoms with van der Waals surface area (Å²) in [5, 5.41) is 8.58. The van der Waals surface area contributed by atoms with Gasteiger partial charge in [0.05, 0.1) is 10.6 Å². The van der Waals surface area contributed by atoms with Crippen LogP contribution in [0.1, 0.15) is 13.3 Å². The molecule has 0 aliphatic heterocycles. The van der Waals surface area contributed by atoms with Crippen molar-refractivity contribution >= 4 is 17.3 Å². The molecule has 0 unspecified atom stereocenters. The van der Waals surface area contributed by atoms with Crippen LogP contribution in [0.4, 0.5) is 5.69 Å². The number of benzene rings is 1. The third-order valence-corrected chi connectivity index (χ3v) is 2.66. The first-order valence-corrected chi connectivity index (χ1v) is 5.54. The number of hydrogen-bond acceptors (Lipinski definition) is 3. The molecule has 0 aliphatic rings. The Morgan fingerprint density at radius 2 is 2.25 bits per heavy atom. The minimum atomic E-state index is 0.602. The Morgan fingerprint density at radius 1 is 1.44 bits per heavy atom. The minimum absolute atomic E-state index is 0.602. The topological polar surface area (TPSA) is 56.7 Å². The molecule has 1 heterocycles. The van der Waals surface area contributed by atoms with Gasteiger partial charge in [-0.05, 0) is 18.6 Å². The molecule has 2 rings (SSSR count). The SMILES string of the molecule is CCCn1cnnc1-c1c(N)cccc1Cl. The molecule has 1 aromatic carbocycles. The van der Waals surface area contributed by atoms with Crippen LogP contribution in [0.3, 0.4) is 0 Å². The Kier molecular flexibility index (Phi) is 3.10. The second kappa shape index (κ2) is 4.53. The molecule has 0 saturated carbocycles. The molecule has 4 nitrogen and oxygen atoms in total. The Labute approximate surface area is 99.1 Å². The van der Waals surface area contributed by atoms with E-state index in [-0.39, 0.29) is 0 Å². The van der Waals surface area contributed by atoms with Crippen LogP contribution in [0.15, 0.2) is 24.5 Å². The number of anilines is 1. The molecular formula is C11H13ClN4. The summed E-state index contributed by atoms with van der Waals surface area (Å²) in [4.78, 5) is 0. The fourth-order valence-corrected chi connectivity index (χ4v) is 1.90. The van der Waals surface area contributed by atoms with E-state index in [4.69, 9.17) is 17.3 Å². The predicted octanol–water partition coefficient (Wildman–Crippen LogP) is 2.59. The van der Waals surface area contributed by atoms with Crippen LogP contribution in [0, 0.1) is 0 Å². The molecule has 1 aromatic heterocycles. The number of nitrogen functional groups attached to an aromatic ring is 1. The first kappa shape index (κ1) is 11.0. The normalized spacial score (nSPS) is 10.6. The summed E-state index contributed by atoms with van der Waals surface area (Å²) in [6.07, 6.45) is 2.71. The Morgan fingerprint density at radius 3 is 2.94 bits per heavy atom. The molecule has 0 saturated heterocycles. The Balaban J connectivity index is 2.54. The number of aryl methyl sites for hydroxylation is 1. The second-order valence-electron chi connectivity index (χ2n) is 3.55. The lowest BCUT2D eigenvalue weighted by atomic mass is 10.1. The van der Waals surface area contributed by atoms with Gasteiger partial charge in [-0.2, -0.15) is 0 Å². The standard InChI is InChI=1S/C11H13ClN4/c1-2-6-16-7-14-15-11(16)10-8(12)4-3-5-9(10)13/h3-5,7H,2,6,13H2,1H3. The molecule has 84 valence electrons. The van der Waals surface area contributed by atoms with E-state index in [0.29, 0.717) is 10.7 Å². The molecule has 0 fully saturated rings. The molecule has 0 atom stereocenters. The summed E-state index contributed by atoms with van der Waals surface area (Å²) >= 11 is 6.13. The van der Waals surface area contributed by atoms with Crippen LogP contribution >= 0.6 is 11.6 Å². The van der Waals surface area contributed by atoms with E-state index in [9.17, 15) is 0 Å². The lowest BCUT2D eigenvalue weighted by Crippen LogP contribution is -2.01. The van der Waals surface area contributed by atoms with Crippen LogP contribution in [-0.4, -0.2) is 14.8 Å². The number of halogens is 1. The summed E-state index contributed by atoms with van der Waals surface area (Å²) in [5.74, 6) is 0.727. The van der Waals surface area contributed by atoms with E-state index in [2.05, 4.69) is 17.1 Å². The van der Waals surface area contributed by atoms with E-state index in [1.807, 2.05) is 16.7 Å². The molecule has 5 heteroatoms. The van der Waals surface area contributed by atoms with Crippen LogP contribution in [0.2, 0.25) is 5.02 Å². The van der Waals surface area contributed by atoms with E-state index in [1.54, 1.807) is 12.4 Å². The fraction of sp³-hybridized carbons (Fsp3) is 0.273. The van der Waals surface area contributed by atoms with Gasteiger partial charge in [-0.25, -0.2) is 0 Å². The van der Waals surface area contributed by atoms with Crippen LogP contribution in [-0.2, 0) is 6.54 Å². The first-order valence-electron chi connectivity index (χ1n) is 5.16. The lowest BCUT2D eigenvalue weighted by Gasteiger charge is -2.08. The highest BCUT2D eigenvalue weighted by molar-refractivity contribution is 6.33. The zero-order valence-electron chi connectivity index (χ0n) is 9.02. The zero-order valence-corrected chi connectivity index (χ0v) is 9.78. The largest absolute Gasteiger partial charge is 0.398 e. The van der Waals surface area contributed by atoms with E-state index >= 15 is 0 Å². The van der Waals surface area contributed by atoms with Crippen LogP contribution in [0.25, 0.3) is 11.4 Å². The molecule has 0 aliphatic carbocycles. The van der Waals surface area contributed by atoms with Crippen molar-refractivity contribution in [1.82, 2.24) is 14.8 Å². The monoisotopic (exact) mass is 236 g/mol. The van der Waals surface area contributed by atoms with Gasteiger partial charge in [0.15, 0.2) is 5.82 Å². The number of rotatable bonds is 3. The highest BCUT2D eigenvalue weighted by Gasteiger charge is 2.13. The first-order chi connectivity index (χ1) is 7.74. The number of hydrogen-bond donors (Lipinski definition) is 1. The average molecular weight is 237 g/mol. The van der Waals surface area contributed by atoms with Gasteiger partial charge < -0.3 is 10.3 Å². The lowest BCUT2D eigenvalue weighted by molar-refractivity contribution is 0.683. The molecule has 0 bridgehead atoms. The van der Waals surface area contributed by atoms with Crippen molar-refractivity contribution in [3.8, 4) is 11.4 Å². The highest BCUT2D eigenvalue weighted by atomic mass is 35.5. The molecular weight excluding hydrogens is 224 g/mol. The van der Waals surface area contributed by atoms with Crippen molar-refractivity contribution in [2.45, 2.75) is 19.9 Å². The Bertz CT molecular complexity index is 472. The maximum absolute atomic E-state index is 6.13. The molecule has 0 radical (unpaired) electrons. The van der Waals surface area contributed by atoms with Crippen molar-refractivity contribution < 1.29 is 0 Å². The number of nitrogens with zero attached hydrogens (tertiary/aromatic N) is 3. The van der Waals surface area contributed by atoms with Crippen molar-refractivity contribution in [2.75, 3.05) is 5.73 Å². The third kappa shape index (κ3) is 1.88. The van der Waals surface area contributed by atoms with Crippen molar-refractivity contribution in [3.63, 3.8) is 0 Å². The van der Waals surface area contributed by atoms with Gasteiger partial charge in [0, 0.05) is 12.2 Å². The van der Waals surface area contributed by atoms with Gasteiger partial charge in [-0.3, -0.25) is 0 Å². The van der Waals surface area contributed by atoms with Gasteiger partial charge in [-0.15, -0.1) is 10.2 Å². The molecule has 0 spiro atoms. The molecule has 2 aromatic rings. The van der Waals surface area contributed by atoms with E-state index in [0.717, 1.165) is 24.4 Å². The van der Waals surface area contributed by atoms with Gasteiger partial charge in [-0.1, -0.05) is 24.6 Å². The van der Waals surface area contributed by atoms with Gasteiger partial charge in [0.1, 0.15) is 6.33 Å². The van der Waals surface area contributed by atoms with Crippen molar-refractivity contribution in [1.29, 1.82) is 0 Å². The van der Waals surface area contributed by atoms with E-state index in [1.165, 1.54) is 0 Å². The third-order valence-electron chi connectivity index (χ3n) is 2.35. The summed E-state index contributed by atoms with van der Waals surface area (Å²) in [7, 11) is 0. The highest BCUT2D eigenvalue weighted by Crippen LogP contribution is 2.31. The maximum Gasteiger partial charge on any atom is 0.167 e. The Hall–Kier alpha value is -1.55. The quantitative estimate of drug-likeness (QED) is 0.834. The minimum Gasteiger partial charge on any atom is -0.398 e. The maximum atomic E-state index is 6.13. The molecule has 0 amide bonds. The summed E-state index contributed by atoms with van der Waals surface area (Å²) < 4.78 is 1.96.